The Labute approximate surface area is 120 Å². The highest BCUT2D eigenvalue weighted by Crippen LogP contribution is 2.30. The molecule has 0 aliphatic carbocycles. The zero-order chi connectivity index (χ0) is 14.7. The third-order valence-electron chi connectivity index (χ3n) is 3.71. The fourth-order valence-corrected chi connectivity index (χ4v) is 2.31. The van der Waals surface area contributed by atoms with E-state index in [4.69, 9.17) is 4.74 Å². The minimum Gasteiger partial charge on any atom is -0.487 e. The molecule has 0 saturated carbocycles. The van der Waals surface area contributed by atoms with Gasteiger partial charge in [-0.05, 0) is 45.4 Å². The summed E-state index contributed by atoms with van der Waals surface area (Å²) in [7, 11) is 0. The number of hydrogen-bond acceptors (Lipinski definition) is 4. The van der Waals surface area contributed by atoms with Gasteiger partial charge in [0.15, 0.2) is 5.78 Å². The molecule has 0 radical (unpaired) electrons. The molecule has 2 N–H and O–H groups in total. The third-order valence-corrected chi connectivity index (χ3v) is 3.71. The van der Waals surface area contributed by atoms with Gasteiger partial charge in [0.2, 0.25) is 0 Å². The van der Waals surface area contributed by atoms with Gasteiger partial charge >= 0.3 is 0 Å². The standard InChI is InChI=1S/C16H24N2O2/c1-5-10(2)18-12(4)16(19)13-6-7-15-14(8-13)17-9-11(3)20-15/h6-8,10-12,17-18H,5,9H2,1-4H3. The molecule has 0 bridgehead atoms. The second-order valence-corrected chi connectivity index (χ2v) is 5.58. The van der Waals surface area contributed by atoms with E-state index >= 15 is 0 Å². The molecule has 0 spiro atoms. The van der Waals surface area contributed by atoms with Crippen LogP contribution in [-0.4, -0.2) is 30.5 Å². The minimum absolute atomic E-state index is 0.119. The molecule has 2 rings (SSSR count). The van der Waals surface area contributed by atoms with Crippen LogP contribution in [0.2, 0.25) is 0 Å². The van der Waals surface area contributed by atoms with Crippen LogP contribution in [0.1, 0.15) is 44.5 Å². The number of fused-ring (bicyclic) bond motifs is 1. The molecular formula is C16H24N2O2. The van der Waals surface area contributed by atoms with Crippen molar-refractivity contribution < 1.29 is 9.53 Å². The van der Waals surface area contributed by atoms with E-state index in [1.807, 2.05) is 32.0 Å². The fraction of sp³-hybridized carbons (Fsp3) is 0.562. The van der Waals surface area contributed by atoms with Crippen LogP contribution in [0.25, 0.3) is 0 Å². The molecule has 110 valence electrons. The lowest BCUT2D eigenvalue weighted by atomic mass is 10.0. The summed E-state index contributed by atoms with van der Waals surface area (Å²) in [5.41, 5.74) is 1.63. The van der Waals surface area contributed by atoms with Crippen LogP contribution in [-0.2, 0) is 0 Å². The average Bonchev–Trinajstić information content (AvgIpc) is 2.45. The maximum Gasteiger partial charge on any atom is 0.179 e. The van der Waals surface area contributed by atoms with Crippen molar-refractivity contribution in [1.82, 2.24) is 5.32 Å². The third kappa shape index (κ3) is 3.31. The highest BCUT2D eigenvalue weighted by Gasteiger charge is 2.20. The Morgan fingerprint density at radius 2 is 2.25 bits per heavy atom. The molecule has 20 heavy (non-hydrogen) atoms. The molecule has 4 heteroatoms. The average molecular weight is 276 g/mol. The number of ether oxygens (including phenoxy) is 1. The second kappa shape index (κ2) is 6.27. The number of carbonyl (C=O) groups excluding carboxylic acids is 1. The first-order chi connectivity index (χ1) is 9.51. The predicted molar refractivity (Wildman–Crippen MR) is 81.7 cm³/mol. The molecule has 0 aromatic heterocycles. The number of nitrogens with one attached hydrogen (secondary N) is 2. The number of carbonyl (C=O) groups is 1. The maximum atomic E-state index is 12.4. The molecule has 1 aromatic carbocycles. The second-order valence-electron chi connectivity index (χ2n) is 5.58. The summed E-state index contributed by atoms with van der Waals surface area (Å²) < 4.78 is 5.72. The summed E-state index contributed by atoms with van der Waals surface area (Å²) in [6.07, 6.45) is 1.17. The van der Waals surface area contributed by atoms with Crippen LogP contribution in [0, 0.1) is 0 Å². The van der Waals surface area contributed by atoms with Crippen LogP contribution < -0.4 is 15.4 Å². The molecule has 0 saturated heterocycles. The van der Waals surface area contributed by atoms with E-state index in [1.165, 1.54) is 0 Å². The molecular weight excluding hydrogens is 252 g/mol. The van der Waals surface area contributed by atoms with Crippen molar-refractivity contribution in [2.45, 2.75) is 52.3 Å². The van der Waals surface area contributed by atoms with Crippen molar-refractivity contribution in [1.29, 1.82) is 0 Å². The van der Waals surface area contributed by atoms with Gasteiger partial charge in [-0.3, -0.25) is 4.79 Å². The summed E-state index contributed by atoms with van der Waals surface area (Å²) in [4.78, 5) is 12.4. The zero-order valence-electron chi connectivity index (χ0n) is 12.7. The van der Waals surface area contributed by atoms with Gasteiger partial charge in [0, 0.05) is 11.6 Å². The lowest BCUT2D eigenvalue weighted by molar-refractivity contribution is 0.0945. The number of benzene rings is 1. The predicted octanol–water partition coefficient (Wildman–Crippen LogP) is 2.84. The van der Waals surface area contributed by atoms with E-state index < -0.39 is 0 Å². The van der Waals surface area contributed by atoms with Crippen LogP contribution in [0.5, 0.6) is 5.75 Å². The highest BCUT2D eigenvalue weighted by atomic mass is 16.5. The molecule has 0 fully saturated rings. The van der Waals surface area contributed by atoms with Gasteiger partial charge in [0.1, 0.15) is 11.9 Å². The van der Waals surface area contributed by atoms with E-state index in [0.29, 0.717) is 6.04 Å². The molecule has 4 nitrogen and oxygen atoms in total. The van der Waals surface area contributed by atoms with Gasteiger partial charge in [-0.1, -0.05) is 6.92 Å². The lowest BCUT2D eigenvalue weighted by Gasteiger charge is -2.25. The first kappa shape index (κ1) is 14.9. The summed E-state index contributed by atoms with van der Waals surface area (Å²) in [5.74, 6) is 0.941. The summed E-state index contributed by atoms with van der Waals surface area (Å²) >= 11 is 0. The van der Waals surface area contributed by atoms with Crippen LogP contribution in [0.3, 0.4) is 0 Å². The van der Waals surface area contributed by atoms with Crippen molar-refractivity contribution in [3.05, 3.63) is 23.8 Å². The van der Waals surface area contributed by atoms with Crippen LogP contribution in [0.4, 0.5) is 5.69 Å². The Balaban J connectivity index is 2.11. The SMILES string of the molecule is CCC(C)NC(C)C(=O)c1ccc2c(c1)NCC(C)O2. The van der Waals surface area contributed by atoms with Crippen molar-refractivity contribution in [3.8, 4) is 5.75 Å². The van der Waals surface area contributed by atoms with Crippen molar-refractivity contribution in [2.75, 3.05) is 11.9 Å². The highest BCUT2D eigenvalue weighted by molar-refractivity contribution is 6.01. The molecule has 3 unspecified atom stereocenters. The number of anilines is 1. The van der Waals surface area contributed by atoms with Crippen LogP contribution >= 0.6 is 0 Å². The zero-order valence-corrected chi connectivity index (χ0v) is 12.7. The van der Waals surface area contributed by atoms with Gasteiger partial charge in [0.05, 0.1) is 18.3 Å². The van der Waals surface area contributed by atoms with Crippen molar-refractivity contribution >= 4 is 11.5 Å². The van der Waals surface area contributed by atoms with Gasteiger partial charge in [-0.15, -0.1) is 0 Å². The largest absolute Gasteiger partial charge is 0.487 e. The Hall–Kier alpha value is -1.55. The first-order valence-electron chi connectivity index (χ1n) is 7.36. The number of rotatable bonds is 5. The molecule has 0 amide bonds. The summed E-state index contributed by atoms with van der Waals surface area (Å²) in [5, 5.41) is 6.61. The van der Waals surface area contributed by atoms with Crippen molar-refractivity contribution in [3.63, 3.8) is 0 Å². The van der Waals surface area contributed by atoms with Gasteiger partial charge < -0.3 is 15.4 Å². The molecule has 1 aromatic rings. The quantitative estimate of drug-likeness (QED) is 0.812. The Kier molecular flexibility index (Phi) is 4.65. The van der Waals surface area contributed by atoms with Crippen LogP contribution in [0.15, 0.2) is 18.2 Å². The van der Waals surface area contributed by atoms with E-state index in [9.17, 15) is 4.79 Å². The molecule has 3 atom stereocenters. The fourth-order valence-electron chi connectivity index (χ4n) is 2.31. The monoisotopic (exact) mass is 276 g/mol. The van der Waals surface area contributed by atoms with Gasteiger partial charge in [-0.2, -0.15) is 0 Å². The van der Waals surface area contributed by atoms with Gasteiger partial charge in [0.25, 0.3) is 0 Å². The lowest BCUT2D eigenvalue weighted by Crippen LogP contribution is -2.39. The number of ketones is 1. The summed E-state index contributed by atoms with van der Waals surface area (Å²) in [6, 6.07) is 5.77. The maximum absolute atomic E-state index is 12.4. The Morgan fingerprint density at radius 3 is 2.95 bits per heavy atom. The topological polar surface area (TPSA) is 50.4 Å². The number of hydrogen-bond donors (Lipinski definition) is 2. The smallest absolute Gasteiger partial charge is 0.179 e. The molecule has 1 aliphatic rings. The minimum atomic E-state index is -0.175. The molecule has 1 heterocycles. The first-order valence-corrected chi connectivity index (χ1v) is 7.36. The Bertz CT molecular complexity index is 487. The van der Waals surface area contributed by atoms with E-state index in [2.05, 4.69) is 24.5 Å². The Morgan fingerprint density at radius 1 is 1.50 bits per heavy atom. The summed E-state index contributed by atoms with van der Waals surface area (Å²) in [6.45, 7) is 8.90. The van der Waals surface area contributed by atoms with Crippen molar-refractivity contribution in [2.24, 2.45) is 0 Å². The van der Waals surface area contributed by atoms with Gasteiger partial charge in [-0.25, -0.2) is 0 Å². The van der Waals surface area contributed by atoms with E-state index in [0.717, 1.165) is 30.0 Å². The van der Waals surface area contributed by atoms with E-state index in [1.54, 1.807) is 0 Å². The molecule has 1 aliphatic heterocycles. The number of Topliss-reactive ketones (excluding diaryl/α,β-unsaturated/α-hetero) is 1. The van der Waals surface area contributed by atoms with E-state index in [-0.39, 0.29) is 17.9 Å². The normalized spacial score (nSPS) is 20.3.